The SMILES string of the molecule is CC1=C/C(=N/NS(=O)(=O)c2ccc(C)c([N+](=O)[O-])c2)CC(C)(C)C1. The Kier molecular flexibility index (Phi) is 4.80. The van der Waals surface area contributed by atoms with Crippen molar-refractivity contribution in [2.45, 2.75) is 45.4 Å². The van der Waals surface area contributed by atoms with Crippen LogP contribution in [0.2, 0.25) is 0 Å². The number of allylic oxidation sites excluding steroid dienone is 2. The normalized spacial score (nSPS) is 19.0. The van der Waals surface area contributed by atoms with Crippen LogP contribution in [0.5, 0.6) is 0 Å². The molecule has 130 valence electrons. The molecule has 0 spiro atoms. The molecule has 0 bridgehead atoms. The van der Waals surface area contributed by atoms with E-state index in [0.29, 0.717) is 17.7 Å². The van der Waals surface area contributed by atoms with E-state index in [1.54, 1.807) is 6.92 Å². The monoisotopic (exact) mass is 351 g/mol. The fourth-order valence-electron chi connectivity index (χ4n) is 2.89. The van der Waals surface area contributed by atoms with Gasteiger partial charge in [-0.2, -0.15) is 18.4 Å². The molecule has 1 aliphatic carbocycles. The third kappa shape index (κ3) is 4.19. The summed E-state index contributed by atoms with van der Waals surface area (Å²) in [5, 5.41) is 15.0. The number of sulfonamides is 1. The van der Waals surface area contributed by atoms with E-state index in [9.17, 15) is 18.5 Å². The lowest BCUT2D eigenvalue weighted by Crippen LogP contribution is -2.25. The standard InChI is InChI=1S/C16H21N3O4S/c1-11-7-13(10-16(3,4)9-11)17-18-24(22,23)14-6-5-12(2)15(8-14)19(20)21/h5-8,18H,9-10H2,1-4H3/b17-13-. The lowest BCUT2D eigenvalue weighted by molar-refractivity contribution is -0.385. The molecule has 0 radical (unpaired) electrons. The van der Waals surface area contributed by atoms with E-state index in [4.69, 9.17) is 0 Å². The van der Waals surface area contributed by atoms with Crippen molar-refractivity contribution in [3.63, 3.8) is 0 Å². The second-order valence-corrected chi connectivity index (χ2v) is 8.57. The van der Waals surface area contributed by atoms with Gasteiger partial charge in [0.15, 0.2) is 0 Å². The van der Waals surface area contributed by atoms with Crippen molar-refractivity contribution < 1.29 is 13.3 Å². The molecule has 0 fully saturated rings. The number of hydrazone groups is 1. The zero-order valence-corrected chi connectivity index (χ0v) is 15.0. The Morgan fingerprint density at radius 3 is 2.50 bits per heavy atom. The van der Waals surface area contributed by atoms with Crippen molar-refractivity contribution in [3.8, 4) is 0 Å². The van der Waals surface area contributed by atoms with Gasteiger partial charge in [-0.1, -0.05) is 25.5 Å². The van der Waals surface area contributed by atoms with Gasteiger partial charge in [-0.05, 0) is 44.2 Å². The Bertz CT molecular complexity index is 839. The number of nitrogens with one attached hydrogen (secondary N) is 1. The summed E-state index contributed by atoms with van der Waals surface area (Å²) in [6.45, 7) is 7.72. The van der Waals surface area contributed by atoms with Gasteiger partial charge >= 0.3 is 0 Å². The first-order valence-corrected chi connectivity index (χ1v) is 8.99. The topological polar surface area (TPSA) is 102 Å². The van der Waals surface area contributed by atoms with Crippen molar-refractivity contribution in [1.29, 1.82) is 0 Å². The second-order valence-electron chi connectivity index (χ2n) is 6.91. The van der Waals surface area contributed by atoms with E-state index >= 15 is 0 Å². The first-order chi connectivity index (χ1) is 11.0. The van der Waals surface area contributed by atoms with E-state index in [0.717, 1.165) is 18.1 Å². The Morgan fingerprint density at radius 2 is 1.92 bits per heavy atom. The minimum Gasteiger partial charge on any atom is -0.258 e. The van der Waals surface area contributed by atoms with Crippen LogP contribution in [0.4, 0.5) is 5.69 Å². The Labute approximate surface area is 141 Å². The first-order valence-electron chi connectivity index (χ1n) is 7.51. The molecule has 1 aliphatic rings. The molecule has 0 aliphatic heterocycles. The largest absolute Gasteiger partial charge is 0.276 e. The zero-order chi connectivity index (χ0) is 18.1. The van der Waals surface area contributed by atoms with Crippen molar-refractivity contribution in [2.75, 3.05) is 0 Å². The number of hydrogen-bond donors (Lipinski definition) is 1. The molecule has 0 atom stereocenters. The Morgan fingerprint density at radius 1 is 1.25 bits per heavy atom. The van der Waals surface area contributed by atoms with Crippen LogP contribution >= 0.6 is 0 Å². The highest BCUT2D eigenvalue weighted by atomic mass is 32.2. The minimum absolute atomic E-state index is 0.0196. The molecule has 1 aromatic carbocycles. The number of nitrogens with zero attached hydrogens (tertiary/aromatic N) is 2. The van der Waals surface area contributed by atoms with Crippen LogP contribution < -0.4 is 4.83 Å². The Hall–Kier alpha value is -2.22. The highest BCUT2D eigenvalue weighted by Crippen LogP contribution is 2.33. The molecule has 0 amide bonds. The molecular weight excluding hydrogens is 330 g/mol. The van der Waals surface area contributed by atoms with E-state index in [-0.39, 0.29) is 16.0 Å². The van der Waals surface area contributed by atoms with Crippen molar-refractivity contribution in [1.82, 2.24) is 4.83 Å². The van der Waals surface area contributed by atoms with Crippen LogP contribution in [0.3, 0.4) is 0 Å². The van der Waals surface area contributed by atoms with Gasteiger partial charge in [0.2, 0.25) is 0 Å². The van der Waals surface area contributed by atoms with Crippen LogP contribution in [0.1, 0.15) is 39.2 Å². The molecule has 0 aromatic heterocycles. The highest BCUT2D eigenvalue weighted by molar-refractivity contribution is 7.89. The summed E-state index contributed by atoms with van der Waals surface area (Å²) in [6.07, 6.45) is 3.45. The lowest BCUT2D eigenvalue weighted by Gasteiger charge is -2.29. The molecule has 7 nitrogen and oxygen atoms in total. The number of hydrogen-bond acceptors (Lipinski definition) is 5. The summed E-state index contributed by atoms with van der Waals surface area (Å²) >= 11 is 0. The molecule has 1 aromatic rings. The molecule has 0 heterocycles. The average Bonchev–Trinajstić information content (AvgIpc) is 2.43. The molecule has 8 heteroatoms. The molecule has 1 N–H and O–H groups in total. The molecule has 2 rings (SSSR count). The van der Waals surface area contributed by atoms with Crippen molar-refractivity contribution in [2.24, 2.45) is 10.5 Å². The molecule has 0 saturated heterocycles. The van der Waals surface area contributed by atoms with Crippen molar-refractivity contribution in [3.05, 3.63) is 45.5 Å². The third-order valence-corrected chi connectivity index (χ3v) is 5.03. The van der Waals surface area contributed by atoms with Crippen LogP contribution in [0.25, 0.3) is 0 Å². The summed E-state index contributed by atoms with van der Waals surface area (Å²) in [4.78, 5) is 12.4. The lowest BCUT2D eigenvalue weighted by atomic mass is 9.77. The maximum absolute atomic E-state index is 12.3. The Balaban J connectivity index is 2.29. The van der Waals surface area contributed by atoms with E-state index < -0.39 is 14.9 Å². The van der Waals surface area contributed by atoms with Gasteiger partial charge in [-0.15, -0.1) is 0 Å². The van der Waals surface area contributed by atoms with Crippen LogP contribution in [0.15, 0.2) is 39.8 Å². The van der Waals surface area contributed by atoms with Gasteiger partial charge in [0.1, 0.15) is 0 Å². The molecule has 0 unspecified atom stereocenters. The quantitative estimate of drug-likeness (QED) is 0.664. The first kappa shape index (κ1) is 18.1. The van der Waals surface area contributed by atoms with Gasteiger partial charge in [0.25, 0.3) is 15.7 Å². The van der Waals surface area contributed by atoms with Gasteiger partial charge in [-0.3, -0.25) is 10.1 Å². The molecular formula is C16H21N3O4S. The third-order valence-electron chi connectivity index (χ3n) is 3.83. The molecule has 0 saturated carbocycles. The molecule has 24 heavy (non-hydrogen) atoms. The maximum atomic E-state index is 12.3. The van der Waals surface area contributed by atoms with Gasteiger partial charge in [-0.25, -0.2) is 0 Å². The van der Waals surface area contributed by atoms with Crippen LogP contribution in [-0.2, 0) is 10.0 Å². The number of aryl methyl sites for hydroxylation is 1. The smallest absolute Gasteiger partial charge is 0.258 e. The van der Waals surface area contributed by atoms with E-state index in [1.165, 1.54) is 12.1 Å². The van der Waals surface area contributed by atoms with Crippen LogP contribution in [-0.4, -0.2) is 19.1 Å². The summed E-state index contributed by atoms with van der Waals surface area (Å²) in [6, 6.07) is 3.79. The van der Waals surface area contributed by atoms with Gasteiger partial charge < -0.3 is 0 Å². The fourth-order valence-corrected chi connectivity index (χ4v) is 3.75. The zero-order valence-electron chi connectivity index (χ0n) is 14.2. The second kappa shape index (κ2) is 6.35. The summed E-state index contributed by atoms with van der Waals surface area (Å²) in [5.41, 5.74) is 1.97. The summed E-state index contributed by atoms with van der Waals surface area (Å²) < 4.78 is 24.7. The number of nitro groups is 1. The minimum atomic E-state index is -3.96. The summed E-state index contributed by atoms with van der Waals surface area (Å²) in [5.74, 6) is 0. The van der Waals surface area contributed by atoms with Crippen molar-refractivity contribution >= 4 is 21.4 Å². The predicted molar refractivity (Wildman–Crippen MR) is 92.4 cm³/mol. The van der Waals surface area contributed by atoms with Gasteiger partial charge in [0, 0.05) is 11.6 Å². The predicted octanol–water partition coefficient (Wildman–Crippen LogP) is 3.30. The number of benzene rings is 1. The fraction of sp³-hybridized carbons (Fsp3) is 0.438. The maximum Gasteiger partial charge on any atom is 0.276 e. The number of nitro benzene ring substituents is 1. The average molecular weight is 351 g/mol. The highest BCUT2D eigenvalue weighted by Gasteiger charge is 2.25. The van der Waals surface area contributed by atoms with Crippen LogP contribution in [0, 0.1) is 22.5 Å². The number of rotatable bonds is 4. The van der Waals surface area contributed by atoms with E-state index in [2.05, 4.69) is 23.8 Å². The summed E-state index contributed by atoms with van der Waals surface area (Å²) in [7, 11) is -3.96. The van der Waals surface area contributed by atoms with E-state index in [1.807, 2.05) is 13.0 Å². The van der Waals surface area contributed by atoms with Gasteiger partial charge in [0.05, 0.1) is 15.5 Å².